The van der Waals surface area contributed by atoms with Crippen LogP contribution in [0.15, 0.2) is 0 Å². The first-order valence-corrected chi connectivity index (χ1v) is 6.78. The fraction of sp³-hybridized carbons (Fsp3) is 0.714. The third kappa shape index (κ3) is 3.86. The molecule has 0 aliphatic carbocycles. The van der Waals surface area contributed by atoms with E-state index in [9.17, 15) is 0 Å². The van der Waals surface area contributed by atoms with Gasteiger partial charge in [0.25, 0.3) is 0 Å². The summed E-state index contributed by atoms with van der Waals surface area (Å²) in [5.74, 6) is 3.99. The average Bonchev–Trinajstić information content (AvgIpc) is 2.31. The predicted molar refractivity (Wildman–Crippen MR) is 78.2 cm³/mol. The van der Waals surface area contributed by atoms with Gasteiger partial charge in [0.15, 0.2) is 0 Å². The standard InChI is InChI=1S/C14H26N4/c1-7-15-13-11(5)14(18-12(6)17-13)16-8-10(4)9(2)3/h9-10H,7-8H2,1-6H3,(H2,15,16,17,18). The van der Waals surface area contributed by atoms with Crippen LogP contribution in [-0.2, 0) is 0 Å². The number of rotatable bonds is 6. The Balaban J connectivity index is 2.82. The summed E-state index contributed by atoms with van der Waals surface area (Å²) in [6.07, 6.45) is 0. The molecule has 0 aromatic carbocycles. The molecule has 0 aliphatic heterocycles. The number of nitrogens with one attached hydrogen (secondary N) is 2. The number of anilines is 2. The third-order valence-corrected chi connectivity index (χ3v) is 3.33. The molecule has 1 rings (SSSR count). The number of aryl methyl sites for hydroxylation is 1. The lowest BCUT2D eigenvalue weighted by Crippen LogP contribution is -2.18. The van der Waals surface area contributed by atoms with Gasteiger partial charge in [-0.25, -0.2) is 9.97 Å². The van der Waals surface area contributed by atoms with Crippen LogP contribution in [0.4, 0.5) is 11.6 Å². The minimum Gasteiger partial charge on any atom is -0.370 e. The molecule has 1 aromatic rings. The molecule has 0 radical (unpaired) electrons. The largest absolute Gasteiger partial charge is 0.370 e. The van der Waals surface area contributed by atoms with E-state index in [1.165, 1.54) is 0 Å². The zero-order chi connectivity index (χ0) is 13.7. The van der Waals surface area contributed by atoms with Gasteiger partial charge in [0.1, 0.15) is 17.5 Å². The molecule has 1 unspecified atom stereocenters. The quantitative estimate of drug-likeness (QED) is 0.814. The monoisotopic (exact) mass is 250 g/mol. The molecule has 102 valence electrons. The van der Waals surface area contributed by atoms with Crippen LogP contribution in [0.1, 0.15) is 39.1 Å². The van der Waals surface area contributed by atoms with Crippen LogP contribution >= 0.6 is 0 Å². The molecule has 1 aromatic heterocycles. The minimum absolute atomic E-state index is 0.627. The van der Waals surface area contributed by atoms with E-state index < -0.39 is 0 Å². The lowest BCUT2D eigenvalue weighted by Gasteiger charge is -2.18. The predicted octanol–water partition coefficient (Wildman–Crippen LogP) is 3.23. The smallest absolute Gasteiger partial charge is 0.134 e. The Morgan fingerprint density at radius 3 is 2.06 bits per heavy atom. The van der Waals surface area contributed by atoms with Gasteiger partial charge in [-0.1, -0.05) is 20.8 Å². The molecule has 0 spiro atoms. The molecule has 1 atom stereocenters. The molecule has 0 bridgehead atoms. The van der Waals surface area contributed by atoms with Gasteiger partial charge in [-0.15, -0.1) is 0 Å². The van der Waals surface area contributed by atoms with Gasteiger partial charge >= 0.3 is 0 Å². The van der Waals surface area contributed by atoms with Gasteiger partial charge in [0.05, 0.1) is 0 Å². The van der Waals surface area contributed by atoms with Gasteiger partial charge in [0.2, 0.25) is 0 Å². The summed E-state index contributed by atoms with van der Waals surface area (Å²) in [7, 11) is 0. The Hall–Kier alpha value is -1.32. The van der Waals surface area contributed by atoms with Crippen LogP contribution in [0, 0.1) is 25.7 Å². The van der Waals surface area contributed by atoms with Gasteiger partial charge in [-0.05, 0) is 32.6 Å². The van der Waals surface area contributed by atoms with Crippen LogP contribution in [0.25, 0.3) is 0 Å². The molecular weight excluding hydrogens is 224 g/mol. The second kappa shape index (κ2) is 6.57. The number of nitrogens with zero attached hydrogens (tertiary/aromatic N) is 2. The van der Waals surface area contributed by atoms with Crippen LogP contribution < -0.4 is 10.6 Å². The van der Waals surface area contributed by atoms with Gasteiger partial charge in [0, 0.05) is 18.7 Å². The van der Waals surface area contributed by atoms with E-state index >= 15 is 0 Å². The molecule has 2 N–H and O–H groups in total. The lowest BCUT2D eigenvalue weighted by atomic mass is 9.98. The third-order valence-electron chi connectivity index (χ3n) is 3.33. The van der Waals surface area contributed by atoms with Crippen molar-refractivity contribution in [3.8, 4) is 0 Å². The Bertz CT molecular complexity index is 388. The summed E-state index contributed by atoms with van der Waals surface area (Å²) in [5, 5.41) is 6.72. The van der Waals surface area contributed by atoms with Crippen molar-refractivity contribution in [1.82, 2.24) is 9.97 Å². The molecule has 0 saturated carbocycles. The lowest BCUT2D eigenvalue weighted by molar-refractivity contribution is 0.439. The Labute approximate surface area is 111 Å². The molecule has 0 aliphatic rings. The van der Waals surface area contributed by atoms with Crippen molar-refractivity contribution in [2.24, 2.45) is 11.8 Å². The fourth-order valence-electron chi connectivity index (χ4n) is 1.63. The number of hydrogen-bond donors (Lipinski definition) is 2. The summed E-state index contributed by atoms with van der Waals surface area (Å²) in [6, 6.07) is 0. The number of hydrogen-bond acceptors (Lipinski definition) is 4. The van der Waals surface area contributed by atoms with Crippen molar-refractivity contribution >= 4 is 11.6 Å². The van der Waals surface area contributed by atoms with E-state index in [2.05, 4.69) is 55.2 Å². The van der Waals surface area contributed by atoms with Crippen LogP contribution in [0.5, 0.6) is 0 Å². The molecule has 4 heteroatoms. The Morgan fingerprint density at radius 1 is 1.00 bits per heavy atom. The number of aromatic nitrogens is 2. The molecule has 1 heterocycles. The Kier molecular flexibility index (Phi) is 5.38. The van der Waals surface area contributed by atoms with Crippen LogP contribution in [0.2, 0.25) is 0 Å². The topological polar surface area (TPSA) is 49.8 Å². The highest BCUT2D eigenvalue weighted by atomic mass is 15.1. The second-order valence-corrected chi connectivity index (χ2v) is 5.23. The van der Waals surface area contributed by atoms with Crippen LogP contribution in [-0.4, -0.2) is 23.1 Å². The highest BCUT2D eigenvalue weighted by molar-refractivity contribution is 5.57. The molecule has 18 heavy (non-hydrogen) atoms. The average molecular weight is 250 g/mol. The summed E-state index contributed by atoms with van der Waals surface area (Å²) >= 11 is 0. The zero-order valence-corrected chi connectivity index (χ0v) is 12.5. The van der Waals surface area contributed by atoms with E-state index in [0.29, 0.717) is 11.8 Å². The van der Waals surface area contributed by atoms with Crippen molar-refractivity contribution in [2.75, 3.05) is 23.7 Å². The van der Waals surface area contributed by atoms with E-state index in [-0.39, 0.29) is 0 Å². The maximum Gasteiger partial charge on any atom is 0.134 e. The SMILES string of the molecule is CCNc1nc(C)nc(NCC(C)C(C)C)c1C. The normalized spacial score (nSPS) is 12.6. The summed E-state index contributed by atoms with van der Waals surface area (Å²) < 4.78 is 0. The van der Waals surface area contributed by atoms with Gasteiger partial charge < -0.3 is 10.6 Å². The Morgan fingerprint density at radius 2 is 1.56 bits per heavy atom. The van der Waals surface area contributed by atoms with Crippen molar-refractivity contribution < 1.29 is 0 Å². The van der Waals surface area contributed by atoms with E-state index in [0.717, 1.165) is 36.1 Å². The molecule has 0 fully saturated rings. The van der Waals surface area contributed by atoms with E-state index in [1.807, 2.05) is 6.92 Å². The highest BCUT2D eigenvalue weighted by Gasteiger charge is 2.11. The van der Waals surface area contributed by atoms with Crippen molar-refractivity contribution in [3.05, 3.63) is 11.4 Å². The first kappa shape index (κ1) is 14.7. The minimum atomic E-state index is 0.627. The first-order valence-electron chi connectivity index (χ1n) is 6.78. The maximum absolute atomic E-state index is 4.48. The van der Waals surface area contributed by atoms with Crippen molar-refractivity contribution in [3.63, 3.8) is 0 Å². The summed E-state index contributed by atoms with van der Waals surface area (Å²) in [6.45, 7) is 14.6. The zero-order valence-electron chi connectivity index (χ0n) is 12.5. The van der Waals surface area contributed by atoms with Crippen LogP contribution in [0.3, 0.4) is 0 Å². The van der Waals surface area contributed by atoms with Crippen molar-refractivity contribution in [1.29, 1.82) is 0 Å². The maximum atomic E-state index is 4.48. The molecule has 0 amide bonds. The molecule has 0 saturated heterocycles. The summed E-state index contributed by atoms with van der Waals surface area (Å²) in [5.41, 5.74) is 1.10. The summed E-state index contributed by atoms with van der Waals surface area (Å²) in [4.78, 5) is 8.91. The fourth-order valence-corrected chi connectivity index (χ4v) is 1.63. The van der Waals surface area contributed by atoms with E-state index in [1.54, 1.807) is 0 Å². The van der Waals surface area contributed by atoms with Gasteiger partial charge in [-0.2, -0.15) is 0 Å². The second-order valence-electron chi connectivity index (χ2n) is 5.23. The van der Waals surface area contributed by atoms with Gasteiger partial charge in [-0.3, -0.25) is 0 Å². The highest BCUT2D eigenvalue weighted by Crippen LogP contribution is 2.20. The van der Waals surface area contributed by atoms with Crippen molar-refractivity contribution in [2.45, 2.75) is 41.5 Å². The van der Waals surface area contributed by atoms with E-state index in [4.69, 9.17) is 0 Å². The first-order chi connectivity index (χ1) is 8.45. The molecule has 4 nitrogen and oxygen atoms in total. The molecular formula is C14H26N4.